The molecule has 3 rings (SSSR count). The third kappa shape index (κ3) is 8.31. The van der Waals surface area contributed by atoms with Crippen molar-refractivity contribution in [3.05, 3.63) is 83.7 Å². The van der Waals surface area contributed by atoms with Gasteiger partial charge in [-0.25, -0.2) is 0 Å². The van der Waals surface area contributed by atoms with Gasteiger partial charge >= 0.3 is 6.18 Å². The first-order chi connectivity index (χ1) is 16.3. The maximum Gasteiger partial charge on any atom is 0.422 e. The van der Waals surface area contributed by atoms with E-state index in [2.05, 4.69) is 10.3 Å². The quantitative estimate of drug-likeness (QED) is 0.430. The lowest BCUT2D eigenvalue weighted by Gasteiger charge is -2.13. The zero-order valence-corrected chi connectivity index (χ0v) is 18.6. The van der Waals surface area contributed by atoms with Crippen LogP contribution in [-0.4, -0.2) is 30.8 Å². The molecule has 180 valence electrons. The van der Waals surface area contributed by atoms with Crippen molar-refractivity contribution in [1.29, 1.82) is 0 Å². The molecule has 6 nitrogen and oxygen atoms in total. The molecule has 0 saturated heterocycles. The molecule has 0 aliphatic rings. The highest BCUT2D eigenvalue weighted by atomic mass is 19.4. The van der Waals surface area contributed by atoms with Gasteiger partial charge in [-0.15, -0.1) is 0 Å². The van der Waals surface area contributed by atoms with Crippen LogP contribution in [0.15, 0.2) is 67.0 Å². The van der Waals surface area contributed by atoms with Gasteiger partial charge < -0.3 is 19.5 Å². The van der Waals surface area contributed by atoms with Crippen LogP contribution in [0.1, 0.15) is 23.1 Å². The fourth-order valence-electron chi connectivity index (χ4n) is 3.05. The summed E-state index contributed by atoms with van der Waals surface area (Å²) in [6.07, 6.45) is -0.358. The molecule has 9 heteroatoms. The second kappa shape index (κ2) is 11.9. The predicted molar refractivity (Wildman–Crippen MR) is 120 cm³/mol. The van der Waals surface area contributed by atoms with E-state index in [1.165, 1.54) is 13.2 Å². The third-order valence-corrected chi connectivity index (χ3v) is 4.80. The van der Waals surface area contributed by atoms with Crippen molar-refractivity contribution in [2.75, 3.05) is 13.7 Å². The first kappa shape index (κ1) is 24.9. The van der Waals surface area contributed by atoms with Gasteiger partial charge in [0.2, 0.25) is 5.91 Å². The number of alkyl halides is 3. The number of amides is 1. The summed E-state index contributed by atoms with van der Waals surface area (Å²) >= 11 is 0. The highest BCUT2D eigenvalue weighted by Gasteiger charge is 2.29. The Morgan fingerprint density at radius 2 is 1.74 bits per heavy atom. The number of carbonyl (C=O) groups is 1. The average molecular weight is 474 g/mol. The lowest BCUT2D eigenvalue weighted by atomic mass is 10.1. The highest BCUT2D eigenvalue weighted by molar-refractivity contribution is 5.76. The van der Waals surface area contributed by atoms with Gasteiger partial charge in [-0.05, 0) is 47.9 Å². The molecular weight excluding hydrogens is 449 g/mol. The molecule has 0 spiro atoms. The lowest BCUT2D eigenvalue weighted by Crippen LogP contribution is -2.23. The molecule has 0 atom stereocenters. The number of aryl methyl sites for hydroxylation is 1. The molecule has 0 fully saturated rings. The van der Waals surface area contributed by atoms with Gasteiger partial charge in [0, 0.05) is 30.9 Å². The van der Waals surface area contributed by atoms with Crippen molar-refractivity contribution >= 4 is 5.91 Å². The third-order valence-electron chi connectivity index (χ3n) is 4.80. The van der Waals surface area contributed by atoms with Crippen molar-refractivity contribution in [1.82, 2.24) is 10.3 Å². The van der Waals surface area contributed by atoms with Crippen molar-refractivity contribution < 1.29 is 32.2 Å². The van der Waals surface area contributed by atoms with Crippen LogP contribution >= 0.6 is 0 Å². The van der Waals surface area contributed by atoms with Crippen LogP contribution in [0.2, 0.25) is 0 Å². The molecule has 0 aliphatic heterocycles. The maximum atomic E-state index is 12.4. The number of hydrogen-bond acceptors (Lipinski definition) is 5. The second-order valence-electron chi connectivity index (χ2n) is 7.46. The van der Waals surface area contributed by atoms with Gasteiger partial charge in [-0.3, -0.25) is 9.78 Å². The Balaban J connectivity index is 1.42. The Bertz CT molecular complexity index is 1060. The molecule has 3 aromatic rings. The number of aromatic nitrogens is 1. The zero-order chi connectivity index (χ0) is 24.4. The minimum atomic E-state index is -4.44. The molecule has 0 bridgehead atoms. The molecule has 34 heavy (non-hydrogen) atoms. The molecule has 1 N–H and O–H groups in total. The smallest absolute Gasteiger partial charge is 0.422 e. The summed E-state index contributed by atoms with van der Waals surface area (Å²) in [7, 11) is 1.35. The van der Waals surface area contributed by atoms with E-state index in [-0.39, 0.29) is 23.8 Å². The van der Waals surface area contributed by atoms with E-state index in [1.807, 2.05) is 36.4 Å². The summed E-state index contributed by atoms with van der Waals surface area (Å²) in [5.74, 6) is 0.762. The summed E-state index contributed by atoms with van der Waals surface area (Å²) in [6.45, 7) is -0.609. The number of benzene rings is 2. The Morgan fingerprint density at radius 3 is 2.41 bits per heavy atom. The van der Waals surface area contributed by atoms with E-state index in [0.29, 0.717) is 19.6 Å². The molecule has 0 unspecified atom stereocenters. The van der Waals surface area contributed by atoms with Crippen LogP contribution in [0, 0.1) is 0 Å². The van der Waals surface area contributed by atoms with E-state index < -0.39 is 12.8 Å². The van der Waals surface area contributed by atoms with E-state index in [9.17, 15) is 18.0 Å². The van der Waals surface area contributed by atoms with Crippen molar-refractivity contribution in [3.63, 3.8) is 0 Å². The van der Waals surface area contributed by atoms with E-state index in [0.717, 1.165) is 22.4 Å². The topological polar surface area (TPSA) is 69.7 Å². The van der Waals surface area contributed by atoms with Gasteiger partial charge in [0.05, 0.1) is 7.11 Å². The van der Waals surface area contributed by atoms with Gasteiger partial charge in [0.25, 0.3) is 0 Å². The van der Waals surface area contributed by atoms with Crippen LogP contribution in [-0.2, 0) is 24.4 Å². The lowest BCUT2D eigenvalue weighted by molar-refractivity contribution is -0.153. The van der Waals surface area contributed by atoms with Crippen LogP contribution in [0.25, 0.3) is 0 Å². The monoisotopic (exact) mass is 474 g/mol. The predicted octanol–water partition coefficient (Wildman–Crippen LogP) is 4.86. The summed E-state index contributed by atoms with van der Waals surface area (Å²) in [5, 5.41) is 2.85. The largest absolute Gasteiger partial charge is 0.493 e. The van der Waals surface area contributed by atoms with E-state index >= 15 is 0 Å². The second-order valence-corrected chi connectivity index (χ2v) is 7.46. The van der Waals surface area contributed by atoms with Gasteiger partial charge in [-0.2, -0.15) is 13.2 Å². The molecule has 1 aromatic heterocycles. The molecule has 1 heterocycles. The number of hydrogen-bond donors (Lipinski definition) is 1. The van der Waals surface area contributed by atoms with Gasteiger partial charge in [0.15, 0.2) is 18.1 Å². The number of nitrogens with one attached hydrogen (secondary N) is 1. The number of halogens is 3. The van der Waals surface area contributed by atoms with E-state index in [1.54, 1.807) is 24.5 Å². The summed E-state index contributed by atoms with van der Waals surface area (Å²) in [4.78, 5) is 16.3. The first-order valence-corrected chi connectivity index (χ1v) is 10.6. The first-order valence-electron chi connectivity index (χ1n) is 10.6. The van der Waals surface area contributed by atoms with Crippen LogP contribution in [0.4, 0.5) is 13.2 Å². The highest BCUT2D eigenvalue weighted by Crippen LogP contribution is 2.30. The average Bonchev–Trinajstić information content (AvgIpc) is 2.84. The molecule has 1 amide bonds. The molecule has 0 radical (unpaired) electrons. The summed E-state index contributed by atoms with van der Waals surface area (Å²) in [5.41, 5.74) is 2.65. The number of methoxy groups -OCH3 is 1. The Hall–Kier alpha value is -3.75. The molecule has 0 saturated carbocycles. The van der Waals surface area contributed by atoms with E-state index in [4.69, 9.17) is 14.2 Å². The standard InChI is InChI=1S/C25H25F3N2O4/c1-32-23-13-18(6-10-22(23)34-17-25(26,27)28)7-11-24(31)30-15-19-4-8-21(9-5-19)33-16-20-3-2-12-29-14-20/h2-6,8-10,12-14H,7,11,15-17H2,1H3,(H,30,31). The van der Waals surface area contributed by atoms with Crippen LogP contribution in [0.5, 0.6) is 17.2 Å². The minimum Gasteiger partial charge on any atom is -0.493 e. The van der Waals surface area contributed by atoms with Crippen LogP contribution < -0.4 is 19.5 Å². The molecule has 0 aliphatic carbocycles. The number of carbonyl (C=O) groups excluding carboxylic acids is 1. The fraction of sp³-hybridized carbons (Fsp3) is 0.280. The maximum absolute atomic E-state index is 12.4. The van der Waals surface area contributed by atoms with Crippen molar-refractivity contribution in [2.45, 2.75) is 32.2 Å². The molecular formula is C25H25F3N2O4. The van der Waals surface area contributed by atoms with Gasteiger partial charge in [0.1, 0.15) is 12.4 Å². The number of rotatable bonds is 11. The zero-order valence-electron chi connectivity index (χ0n) is 18.6. The number of ether oxygens (including phenoxy) is 3. The summed E-state index contributed by atoms with van der Waals surface area (Å²) < 4.78 is 52.7. The Morgan fingerprint density at radius 1 is 0.971 bits per heavy atom. The number of pyridine rings is 1. The SMILES string of the molecule is COc1cc(CCC(=O)NCc2ccc(OCc3cccnc3)cc2)ccc1OCC(F)(F)F. The minimum absolute atomic E-state index is 0.000822. The Labute approximate surface area is 195 Å². The van der Waals surface area contributed by atoms with Crippen LogP contribution in [0.3, 0.4) is 0 Å². The summed E-state index contributed by atoms with van der Waals surface area (Å²) in [6, 6.07) is 15.8. The van der Waals surface area contributed by atoms with Gasteiger partial charge in [-0.1, -0.05) is 24.3 Å². The van der Waals surface area contributed by atoms with Crippen molar-refractivity contribution in [3.8, 4) is 17.2 Å². The number of nitrogens with zero attached hydrogens (tertiary/aromatic N) is 1. The normalized spacial score (nSPS) is 11.1. The fourth-order valence-corrected chi connectivity index (χ4v) is 3.05. The van der Waals surface area contributed by atoms with Crippen molar-refractivity contribution in [2.24, 2.45) is 0 Å². The molecule has 2 aromatic carbocycles. The Kier molecular flexibility index (Phi) is 8.73.